The van der Waals surface area contributed by atoms with Crippen LogP contribution < -0.4 is 10.6 Å². The summed E-state index contributed by atoms with van der Waals surface area (Å²) in [5.41, 5.74) is 0.918. The van der Waals surface area contributed by atoms with Gasteiger partial charge < -0.3 is 15.2 Å². The molecule has 22 heavy (non-hydrogen) atoms. The molecule has 0 radical (unpaired) electrons. The number of hydrogen-bond acceptors (Lipinski definition) is 5. The van der Waals surface area contributed by atoms with Gasteiger partial charge in [0.25, 0.3) is 5.89 Å². The molecule has 1 aromatic heterocycles. The molecule has 0 bridgehead atoms. The average molecular weight is 302 g/mol. The standard InChI is InChI=1S/C16H22N4O2/c1-4-14(21)19-15(12-8-6-5-7-9-12)16-18-13(20-22-16)10-11(2)17-3/h5-9,11,15,17H,4,10H2,1-3H3,(H,19,21). The predicted molar refractivity (Wildman–Crippen MR) is 83.2 cm³/mol. The van der Waals surface area contributed by atoms with Gasteiger partial charge in [-0.3, -0.25) is 4.79 Å². The predicted octanol–water partition coefficient (Wildman–Crippen LogP) is 1.84. The fraction of sp³-hybridized carbons (Fsp3) is 0.438. The highest BCUT2D eigenvalue weighted by atomic mass is 16.5. The fourth-order valence-corrected chi connectivity index (χ4v) is 2.04. The second-order valence-corrected chi connectivity index (χ2v) is 5.21. The minimum absolute atomic E-state index is 0.0582. The topological polar surface area (TPSA) is 80.0 Å². The summed E-state index contributed by atoms with van der Waals surface area (Å²) in [7, 11) is 1.89. The van der Waals surface area contributed by atoms with Crippen molar-refractivity contribution in [3.8, 4) is 0 Å². The Balaban J connectivity index is 2.23. The van der Waals surface area contributed by atoms with E-state index in [0.717, 1.165) is 5.56 Å². The molecule has 6 heteroatoms. The quantitative estimate of drug-likeness (QED) is 0.815. The van der Waals surface area contributed by atoms with E-state index in [9.17, 15) is 4.79 Å². The third-order valence-corrected chi connectivity index (χ3v) is 3.47. The first-order valence-corrected chi connectivity index (χ1v) is 7.48. The Labute approximate surface area is 130 Å². The summed E-state index contributed by atoms with van der Waals surface area (Å²) in [4.78, 5) is 16.2. The van der Waals surface area contributed by atoms with Crippen molar-refractivity contribution in [1.29, 1.82) is 0 Å². The van der Waals surface area contributed by atoms with Crippen molar-refractivity contribution in [3.63, 3.8) is 0 Å². The zero-order chi connectivity index (χ0) is 15.9. The lowest BCUT2D eigenvalue weighted by atomic mass is 10.1. The van der Waals surface area contributed by atoms with Crippen molar-refractivity contribution < 1.29 is 9.32 Å². The first-order valence-electron chi connectivity index (χ1n) is 7.48. The largest absolute Gasteiger partial charge is 0.341 e. The van der Waals surface area contributed by atoms with Gasteiger partial charge in [0.1, 0.15) is 6.04 Å². The molecule has 0 fully saturated rings. The lowest BCUT2D eigenvalue weighted by Crippen LogP contribution is -2.29. The maximum atomic E-state index is 11.8. The molecule has 118 valence electrons. The van der Waals surface area contributed by atoms with Gasteiger partial charge in [0, 0.05) is 18.9 Å². The van der Waals surface area contributed by atoms with Crippen molar-refractivity contribution in [2.75, 3.05) is 7.05 Å². The third-order valence-electron chi connectivity index (χ3n) is 3.47. The number of carbonyl (C=O) groups is 1. The molecule has 2 rings (SSSR count). The maximum absolute atomic E-state index is 11.8. The lowest BCUT2D eigenvalue weighted by Gasteiger charge is -2.14. The zero-order valence-corrected chi connectivity index (χ0v) is 13.2. The molecule has 2 aromatic rings. The molecule has 0 aliphatic carbocycles. The number of nitrogens with zero attached hydrogens (tertiary/aromatic N) is 2. The number of benzene rings is 1. The smallest absolute Gasteiger partial charge is 0.253 e. The van der Waals surface area contributed by atoms with E-state index in [-0.39, 0.29) is 11.9 Å². The van der Waals surface area contributed by atoms with Crippen LogP contribution in [0.2, 0.25) is 0 Å². The minimum atomic E-state index is -0.417. The number of nitrogens with one attached hydrogen (secondary N) is 2. The van der Waals surface area contributed by atoms with Crippen LogP contribution in [0.3, 0.4) is 0 Å². The van der Waals surface area contributed by atoms with Crippen molar-refractivity contribution in [2.45, 2.75) is 38.8 Å². The van der Waals surface area contributed by atoms with Crippen LogP contribution in [0.5, 0.6) is 0 Å². The molecule has 1 aromatic carbocycles. The van der Waals surface area contributed by atoms with Gasteiger partial charge in [0.2, 0.25) is 5.91 Å². The minimum Gasteiger partial charge on any atom is -0.341 e. The van der Waals surface area contributed by atoms with Crippen LogP contribution in [-0.4, -0.2) is 29.1 Å². The molecule has 0 aliphatic heterocycles. The molecular formula is C16H22N4O2. The molecular weight excluding hydrogens is 280 g/mol. The average Bonchev–Trinajstić information content (AvgIpc) is 3.01. The van der Waals surface area contributed by atoms with Gasteiger partial charge in [0.15, 0.2) is 5.82 Å². The van der Waals surface area contributed by atoms with E-state index >= 15 is 0 Å². The summed E-state index contributed by atoms with van der Waals surface area (Å²) < 4.78 is 5.37. The van der Waals surface area contributed by atoms with Crippen LogP contribution in [0.25, 0.3) is 0 Å². The van der Waals surface area contributed by atoms with Crippen LogP contribution in [0.1, 0.15) is 43.6 Å². The zero-order valence-electron chi connectivity index (χ0n) is 13.2. The third kappa shape index (κ3) is 4.14. The van der Waals surface area contributed by atoms with E-state index in [1.54, 1.807) is 0 Å². The molecule has 1 heterocycles. The Bertz CT molecular complexity index is 597. The van der Waals surface area contributed by atoms with Crippen LogP contribution in [-0.2, 0) is 11.2 Å². The Morgan fingerprint density at radius 1 is 1.32 bits per heavy atom. The van der Waals surface area contributed by atoms with E-state index in [1.165, 1.54) is 0 Å². The Morgan fingerprint density at radius 2 is 2.05 bits per heavy atom. The molecule has 2 N–H and O–H groups in total. The molecule has 0 saturated heterocycles. The van der Waals surface area contributed by atoms with Crippen LogP contribution in [0.15, 0.2) is 34.9 Å². The van der Waals surface area contributed by atoms with Crippen molar-refractivity contribution >= 4 is 5.91 Å². The normalized spacial score (nSPS) is 13.6. The Kier molecular flexibility index (Phi) is 5.66. The van der Waals surface area contributed by atoms with Gasteiger partial charge in [-0.2, -0.15) is 4.98 Å². The number of likely N-dealkylation sites (N-methyl/N-ethyl adjacent to an activating group) is 1. The molecule has 1 amide bonds. The lowest BCUT2D eigenvalue weighted by molar-refractivity contribution is -0.121. The molecule has 0 saturated carbocycles. The van der Waals surface area contributed by atoms with E-state index in [4.69, 9.17) is 4.52 Å². The van der Waals surface area contributed by atoms with Gasteiger partial charge in [-0.05, 0) is 19.5 Å². The highest BCUT2D eigenvalue weighted by molar-refractivity contribution is 5.76. The summed E-state index contributed by atoms with van der Waals surface area (Å²) in [6.45, 7) is 3.86. The van der Waals surface area contributed by atoms with Gasteiger partial charge in [-0.1, -0.05) is 42.4 Å². The Hall–Kier alpha value is -2.21. The number of rotatable bonds is 7. The molecule has 2 unspecified atom stereocenters. The molecule has 2 atom stereocenters. The Morgan fingerprint density at radius 3 is 2.68 bits per heavy atom. The molecule has 0 aliphatic rings. The van der Waals surface area contributed by atoms with Gasteiger partial charge in [0.05, 0.1) is 0 Å². The van der Waals surface area contributed by atoms with Crippen molar-refractivity contribution in [3.05, 3.63) is 47.6 Å². The summed E-state index contributed by atoms with van der Waals surface area (Å²) in [5.74, 6) is 0.979. The summed E-state index contributed by atoms with van der Waals surface area (Å²) in [5, 5.41) is 10.1. The second-order valence-electron chi connectivity index (χ2n) is 5.21. The fourth-order valence-electron chi connectivity index (χ4n) is 2.04. The summed E-state index contributed by atoms with van der Waals surface area (Å²) in [6.07, 6.45) is 1.07. The highest BCUT2D eigenvalue weighted by Gasteiger charge is 2.22. The molecule has 0 spiro atoms. The first-order chi connectivity index (χ1) is 10.6. The second kappa shape index (κ2) is 7.70. The summed E-state index contributed by atoms with van der Waals surface area (Å²) >= 11 is 0. The molecule has 6 nitrogen and oxygen atoms in total. The first kappa shape index (κ1) is 16.2. The van der Waals surface area contributed by atoms with Gasteiger partial charge in [-0.15, -0.1) is 0 Å². The van der Waals surface area contributed by atoms with E-state index < -0.39 is 6.04 Å². The maximum Gasteiger partial charge on any atom is 0.253 e. The van der Waals surface area contributed by atoms with Crippen molar-refractivity contribution in [1.82, 2.24) is 20.8 Å². The van der Waals surface area contributed by atoms with Crippen LogP contribution >= 0.6 is 0 Å². The van der Waals surface area contributed by atoms with Gasteiger partial charge in [-0.25, -0.2) is 0 Å². The van der Waals surface area contributed by atoms with Crippen LogP contribution in [0, 0.1) is 0 Å². The van der Waals surface area contributed by atoms with Crippen LogP contribution in [0.4, 0.5) is 0 Å². The number of carbonyl (C=O) groups excluding carboxylic acids is 1. The number of amides is 1. The summed E-state index contributed by atoms with van der Waals surface area (Å²) in [6, 6.07) is 9.46. The SMILES string of the molecule is CCC(=O)NC(c1ccccc1)c1nc(CC(C)NC)no1. The van der Waals surface area contributed by atoms with E-state index in [2.05, 4.69) is 20.8 Å². The monoisotopic (exact) mass is 302 g/mol. The van der Waals surface area contributed by atoms with E-state index in [1.807, 2.05) is 51.2 Å². The number of hydrogen-bond donors (Lipinski definition) is 2. The van der Waals surface area contributed by atoms with Gasteiger partial charge >= 0.3 is 0 Å². The van der Waals surface area contributed by atoms with E-state index in [0.29, 0.717) is 24.6 Å². The highest BCUT2D eigenvalue weighted by Crippen LogP contribution is 2.20. The number of aromatic nitrogens is 2. The van der Waals surface area contributed by atoms with Crippen molar-refractivity contribution in [2.24, 2.45) is 0 Å².